The third-order valence-corrected chi connectivity index (χ3v) is 10.9. The van der Waals surface area contributed by atoms with Gasteiger partial charge in [-0.3, -0.25) is 9.59 Å². The number of carbonyl (C=O) groups is 2. The molecule has 0 rings (SSSR count). The lowest BCUT2D eigenvalue weighted by molar-refractivity contribution is -0.151. The second-order valence-corrected chi connectivity index (χ2v) is 16.6. The first-order valence-corrected chi connectivity index (χ1v) is 24.9. The van der Waals surface area contributed by atoms with Crippen LogP contribution in [0.25, 0.3) is 0 Å². The Hall–Kier alpha value is -2.96. The molecule has 6 heteroatoms. The first-order valence-electron chi connectivity index (χ1n) is 24.9. The van der Waals surface area contributed by atoms with E-state index in [2.05, 4.69) is 62.5 Å². The molecule has 3 atom stereocenters. The van der Waals surface area contributed by atoms with Crippen molar-refractivity contribution in [1.82, 2.24) is 5.32 Å². The van der Waals surface area contributed by atoms with Crippen molar-refractivity contribution in [3.63, 3.8) is 0 Å². The first-order chi connectivity index (χ1) is 29.5. The van der Waals surface area contributed by atoms with E-state index in [9.17, 15) is 19.8 Å². The molecule has 0 saturated heterocycles. The van der Waals surface area contributed by atoms with Crippen LogP contribution in [0.5, 0.6) is 0 Å². The average Bonchev–Trinajstić information content (AvgIpc) is 3.24. The maximum absolute atomic E-state index is 13.2. The van der Waals surface area contributed by atoms with Gasteiger partial charge in [0.2, 0.25) is 5.91 Å². The zero-order valence-electron chi connectivity index (χ0n) is 39.1. The topological polar surface area (TPSA) is 95.9 Å². The smallest absolute Gasteiger partial charge is 0.306 e. The summed E-state index contributed by atoms with van der Waals surface area (Å²) in [6.45, 7) is 6.28. The second kappa shape index (κ2) is 47.1. The van der Waals surface area contributed by atoms with Crippen molar-refractivity contribution in [2.75, 3.05) is 6.61 Å². The lowest BCUT2D eigenvalue weighted by atomic mass is 10.0. The molecular weight excluding hydrogens is 743 g/mol. The van der Waals surface area contributed by atoms with Crippen molar-refractivity contribution in [1.29, 1.82) is 0 Å². The van der Waals surface area contributed by atoms with E-state index in [0.29, 0.717) is 19.3 Å². The fraction of sp³-hybridized carbons (Fsp3) is 0.704. The maximum atomic E-state index is 13.2. The molecule has 0 aliphatic rings. The number of nitrogens with one attached hydrogen (secondary N) is 1. The summed E-state index contributed by atoms with van der Waals surface area (Å²) >= 11 is 0. The van der Waals surface area contributed by atoms with E-state index < -0.39 is 18.2 Å². The van der Waals surface area contributed by atoms with Crippen LogP contribution in [0.4, 0.5) is 0 Å². The molecule has 0 bridgehead atoms. The van der Waals surface area contributed by atoms with E-state index in [0.717, 1.165) is 64.2 Å². The first kappa shape index (κ1) is 57.0. The lowest BCUT2D eigenvalue weighted by Gasteiger charge is -2.24. The van der Waals surface area contributed by atoms with Crippen LogP contribution in [-0.2, 0) is 14.3 Å². The Bertz CT molecular complexity index is 1160. The largest absolute Gasteiger partial charge is 0.462 e. The van der Waals surface area contributed by atoms with Gasteiger partial charge < -0.3 is 20.3 Å². The lowest BCUT2D eigenvalue weighted by Crippen LogP contribution is -2.46. The molecule has 3 unspecified atom stereocenters. The number of rotatable bonds is 43. The number of aliphatic hydroxyl groups is 2. The summed E-state index contributed by atoms with van der Waals surface area (Å²) in [7, 11) is 0. The van der Waals surface area contributed by atoms with Gasteiger partial charge in [0.05, 0.1) is 25.2 Å². The maximum Gasteiger partial charge on any atom is 0.306 e. The molecule has 1 amide bonds. The molecule has 0 aliphatic carbocycles. The van der Waals surface area contributed by atoms with E-state index in [1.807, 2.05) is 48.6 Å². The molecule has 60 heavy (non-hydrogen) atoms. The summed E-state index contributed by atoms with van der Waals surface area (Å²) in [5, 5.41) is 23.7. The Morgan fingerprint density at radius 3 is 1.45 bits per heavy atom. The zero-order chi connectivity index (χ0) is 43.8. The number of unbranched alkanes of at least 4 members (excludes halogenated alkanes) is 22. The summed E-state index contributed by atoms with van der Waals surface area (Å²) in [6.07, 6.45) is 60.7. The summed E-state index contributed by atoms with van der Waals surface area (Å²) in [6, 6.07) is -0.730. The van der Waals surface area contributed by atoms with Crippen LogP contribution < -0.4 is 5.32 Å². The molecule has 0 spiro atoms. The van der Waals surface area contributed by atoms with E-state index in [-0.39, 0.29) is 24.9 Å². The summed E-state index contributed by atoms with van der Waals surface area (Å²) < 4.78 is 5.88. The fourth-order valence-corrected chi connectivity index (χ4v) is 7.09. The zero-order valence-corrected chi connectivity index (χ0v) is 39.1. The third-order valence-electron chi connectivity index (χ3n) is 10.9. The van der Waals surface area contributed by atoms with Crippen molar-refractivity contribution >= 4 is 11.9 Å². The molecule has 0 radical (unpaired) electrons. The Balaban J connectivity index is 4.71. The van der Waals surface area contributed by atoms with Crippen LogP contribution >= 0.6 is 0 Å². The van der Waals surface area contributed by atoms with Crippen molar-refractivity contribution in [2.45, 2.75) is 238 Å². The number of amides is 1. The van der Waals surface area contributed by atoms with Crippen molar-refractivity contribution in [2.24, 2.45) is 0 Å². The highest BCUT2D eigenvalue weighted by Gasteiger charge is 2.24. The number of esters is 1. The predicted molar refractivity (Wildman–Crippen MR) is 259 cm³/mol. The molecule has 0 aliphatic heterocycles. The summed E-state index contributed by atoms with van der Waals surface area (Å²) in [5.41, 5.74) is 0. The summed E-state index contributed by atoms with van der Waals surface area (Å²) in [5.74, 6) is -0.565. The van der Waals surface area contributed by atoms with E-state index in [1.54, 1.807) is 0 Å². The minimum Gasteiger partial charge on any atom is -0.462 e. The number of hydrogen-bond acceptors (Lipinski definition) is 5. The van der Waals surface area contributed by atoms with Gasteiger partial charge >= 0.3 is 5.97 Å². The standard InChI is InChI=1S/C54H93NO5/c1-4-7-10-13-16-19-22-25-26-29-32-35-38-41-44-47-54(59)60-50(45-42-39-36-33-30-27-23-20-17-14-11-8-5-2)48-53(58)55-51(49-56)52(57)46-43-40-37-34-31-28-24-21-18-15-12-9-6-3/h8,11,14,16-17,19-20,22-23,25,27,30,33,36,50-52,56-57H,4-7,9-10,12-13,15,18,21,24,26,28-29,31-32,34-35,37-49H2,1-3H3,(H,55,58)/b11-8+,17-14+,19-16+,23-20-,25-22+,30-27-,36-33+. The van der Waals surface area contributed by atoms with Crippen LogP contribution in [0, 0.1) is 0 Å². The molecule has 0 aromatic carbocycles. The molecule has 6 nitrogen and oxygen atoms in total. The van der Waals surface area contributed by atoms with E-state index in [4.69, 9.17) is 4.74 Å². The van der Waals surface area contributed by atoms with E-state index in [1.165, 1.54) is 109 Å². The van der Waals surface area contributed by atoms with Crippen molar-refractivity contribution in [3.8, 4) is 0 Å². The molecule has 0 aromatic heterocycles. The van der Waals surface area contributed by atoms with Gasteiger partial charge in [-0.15, -0.1) is 0 Å². The summed E-state index contributed by atoms with van der Waals surface area (Å²) in [4.78, 5) is 26.1. The van der Waals surface area contributed by atoms with Crippen LogP contribution in [-0.4, -0.2) is 46.9 Å². The van der Waals surface area contributed by atoms with Crippen LogP contribution in [0.1, 0.15) is 220 Å². The van der Waals surface area contributed by atoms with Gasteiger partial charge in [-0.25, -0.2) is 0 Å². The number of ether oxygens (including phenoxy) is 1. The van der Waals surface area contributed by atoms with Gasteiger partial charge in [0.15, 0.2) is 0 Å². The number of hydrogen-bond donors (Lipinski definition) is 3. The Labute approximate surface area is 370 Å². The molecule has 0 fully saturated rings. The molecule has 344 valence electrons. The second-order valence-electron chi connectivity index (χ2n) is 16.6. The van der Waals surface area contributed by atoms with Gasteiger partial charge in [0.1, 0.15) is 6.10 Å². The highest BCUT2D eigenvalue weighted by Crippen LogP contribution is 2.17. The van der Waals surface area contributed by atoms with Gasteiger partial charge in [0, 0.05) is 6.42 Å². The molecule has 0 saturated carbocycles. The monoisotopic (exact) mass is 836 g/mol. The Kier molecular flexibility index (Phi) is 44.8. The number of allylic oxidation sites excluding steroid dienone is 14. The van der Waals surface area contributed by atoms with Crippen LogP contribution in [0.3, 0.4) is 0 Å². The minimum absolute atomic E-state index is 0.0200. The number of carbonyl (C=O) groups excluding carboxylic acids is 2. The molecule has 0 heterocycles. The van der Waals surface area contributed by atoms with E-state index >= 15 is 0 Å². The number of aliphatic hydroxyl groups excluding tert-OH is 2. The van der Waals surface area contributed by atoms with Gasteiger partial charge in [0.25, 0.3) is 0 Å². The quantitative estimate of drug-likeness (QED) is 0.0323. The van der Waals surface area contributed by atoms with Gasteiger partial charge in [-0.2, -0.15) is 0 Å². The Morgan fingerprint density at radius 1 is 0.500 bits per heavy atom. The molecule has 0 aromatic rings. The van der Waals surface area contributed by atoms with Gasteiger partial charge in [-0.05, 0) is 64.2 Å². The Morgan fingerprint density at radius 2 is 0.917 bits per heavy atom. The van der Waals surface area contributed by atoms with Crippen LogP contribution in [0.15, 0.2) is 85.1 Å². The highest BCUT2D eigenvalue weighted by atomic mass is 16.5. The van der Waals surface area contributed by atoms with Gasteiger partial charge in [-0.1, -0.05) is 228 Å². The van der Waals surface area contributed by atoms with Crippen LogP contribution in [0.2, 0.25) is 0 Å². The predicted octanol–water partition coefficient (Wildman–Crippen LogP) is 14.8. The average molecular weight is 836 g/mol. The highest BCUT2D eigenvalue weighted by molar-refractivity contribution is 5.77. The van der Waals surface area contributed by atoms with Crippen molar-refractivity contribution < 1.29 is 24.5 Å². The van der Waals surface area contributed by atoms with Crippen molar-refractivity contribution in [3.05, 3.63) is 85.1 Å². The minimum atomic E-state index is -0.812. The third kappa shape index (κ3) is 41.8. The SMILES string of the molecule is CC/C=C/C=C/C=C\C=C/C=C/CCCC(CC(=O)NC(CO)C(O)CCCCCCCCCCCCCCC)OC(=O)CCCCCCCC/C=C/C=C/CCCCC. The normalized spacial score (nSPS) is 14.0. The fourth-order valence-electron chi connectivity index (χ4n) is 7.09. The molecule has 3 N–H and O–H groups in total. The molecular formula is C54H93NO5.